The van der Waals surface area contributed by atoms with E-state index in [1.165, 1.54) is 6.33 Å². The van der Waals surface area contributed by atoms with Crippen LogP contribution < -0.4 is 26.4 Å². The van der Waals surface area contributed by atoms with E-state index in [0.717, 1.165) is 24.3 Å². The molecule has 7 nitrogen and oxygen atoms in total. The lowest BCUT2D eigenvalue weighted by Gasteiger charge is -2.46. The summed E-state index contributed by atoms with van der Waals surface area (Å²) in [6.07, 6.45) is 3.48. The van der Waals surface area contributed by atoms with Gasteiger partial charge in [-0.2, -0.15) is 0 Å². The van der Waals surface area contributed by atoms with Gasteiger partial charge in [0.15, 0.2) is 11.6 Å². The van der Waals surface area contributed by atoms with Gasteiger partial charge in [-0.15, -0.1) is 0 Å². The molecule has 146 valence electrons. The Morgan fingerprint density at radius 2 is 1.70 bits per heavy atom. The summed E-state index contributed by atoms with van der Waals surface area (Å²) in [5.41, 5.74) is 7.76. The van der Waals surface area contributed by atoms with Crippen LogP contribution in [0, 0.1) is 0 Å². The predicted octanol–water partition coefficient (Wildman–Crippen LogP) is 3.53. The fourth-order valence-electron chi connectivity index (χ4n) is 4.10. The first-order valence-electron chi connectivity index (χ1n) is 9.25. The molecule has 0 radical (unpaired) electrons. The highest BCUT2D eigenvalue weighted by Crippen LogP contribution is 2.34. The number of benzene rings is 1. The Morgan fingerprint density at radius 1 is 1.07 bits per heavy atom. The predicted molar refractivity (Wildman–Crippen MR) is 111 cm³/mol. The van der Waals surface area contributed by atoms with Gasteiger partial charge in [0.1, 0.15) is 17.8 Å². The molecular weight excluding hydrogens is 340 g/mol. The molecule has 0 bridgehead atoms. The molecule has 7 heteroatoms. The van der Waals surface area contributed by atoms with Crippen molar-refractivity contribution in [1.29, 1.82) is 0 Å². The van der Waals surface area contributed by atoms with E-state index < -0.39 is 0 Å². The van der Waals surface area contributed by atoms with Crippen molar-refractivity contribution >= 4 is 23.0 Å². The quantitative estimate of drug-likeness (QED) is 0.639. The molecule has 2 heterocycles. The average Bonchev–Trinajstić information content (AvgIpc) is 2.56. The number of hydrogen-bond acceptors (Lipinski definition) is 7. The van der Waals surface area contributed by atoms with Crippen LogP contribution in [-0.4, -0.2) is 34.2 Å². The smallest absolute Gasteiger partial charge is 0.159 e. The number of methoxy groups -OCH3 is 1. The Labute approximate surface area is 161 Å². The van der Waals surface area contributed by atoms with Crippen LogP contribution in [0.1, 0.15) is 40.5 Å². The van der Waals surface area contributed by atoms with Crippen LogP contribution in [0.3, 0.4) is 0 Å². The van der Waals surface area contributed by atoms with E-state index in [0.29, 0.717) is 17.3 Å². The van der Waals surface area contributed by atoms with Crippen molar-refractivity contribution in [3.8, 4) is 5.75 Å². The third-order valence-corrected chi connectivity index (χ3v) is 4.77. The van der Waals surface area contributed by atoms with Gasteiger partial charge in [-0.25, -0.2) is 9.97 Å². The molecule has 1 saturated heterocycles. The third-order valence-electron chi connectivity index (χ3n) is 4.77. The molecule has 1 aliphatic rings. The summed E-state index contributed by atoms with van der Waals surface area (Å²) >= 11 is 0. The molecule has 1 aliphatic heterocycles. The highest BCUT2D eigenvalue weighted by molar-refractivity contribution is 5.79. The SMILES string of the molecule is COc1ccccc1Nc1ncnc(NC2CC(C)(C)NC(C)(C)C2)c1N. The van der Waals surface area contributed by atoms with E-state index in [1.807, 2.05) is 24.3 Å². The lowest BCUT2D eigenvalue weighted by molar-refractivity contribution is 0.170. The van der Waals surface area contributed by atoms with Crippen LogP contribution in [0.5, 0.6) is 5.75 Å². The number of rotatable bonds is 5. The van der Waals surface area contributed by atoms with E-state index in [1.54, 1.807) is 7.11 Å². The Hall–Kier alpha value is -2.54. The summed E-state index contributed by atoms with van der Waals surface area (Å²) in [7, 11) is 1.64. The van der Waals surface area contributed by atoms with Crippen molar-refractivity contribution in [2.45, 2.75) is 57.7 Å². The van der Waals surface area contributed by atoms with Crippen LogP contribution in [0.2, 0.25) is 0 Å². The van der Waals surface area contributed by atoms with Crippen molar-refractivity contribution in [1.82, 2.24) is 15.3 Å². The molecule has 1 aromatic carbocycles. The Morgan fingerprint density at radius 3 is 2.37 bits per heavy atom. The first-order chi connectivity index (χ1) is 12.7. The number of nitrogens with two attached hydrogens (primary N) is 1. The van der Waals surface area contributed by atoms with E-state index in [9.17, 15) is 0 Å². The van der Waals surface area contributed by atoms with Gasteiger partial charge in [0.2, 0.25) is 0 Å². The molecule has 0 saturated carbocycles. The minimum atomic E-state index is 0.0414. The Bertz CT molecular complexity index is 789. The maximum atomic E-state index is 6.37. The van der Waals surface area contributed by atoms with Crippen molar-refractivity contribution < 1.29 is 4.74 Å². The van der Waals surface area contributed by atoms with Crippen molar-refractivity contribution in [3.63, 3.8) is 0 Å². The zero-order valence-electron chi connectivity index (χ0n) is 16.8. The molecule has 0 unspecified atom stereocenters. The van der Waals surface area contributed by atoms with E-state index >= 15 is 0 Å². The number of para-hydroxylation sites is 2. The van der Waals surface area contributed by atoms with Crippen LogP contribution in [0.15, 0.2) is 30.6 Å². The van der Waals surface area contributed by atoms with E-state index in [-0.39, 0.29) is 17.1 Å². The largest absolute Gasteiger partial charge is 0.495 e. The van der Waals surface area contributed by atoms with Crippen molar-refractivity contribution in [2.75, 3.05) is 23.5 Å². The molecule has 1 fully saturated rings. The van der Waals surface area contributed by atoms with Crippen LogP contribution >= 0.6 is 0 Å². The number of nitrogens with one attached hydrogen (secondary N) is 3. The highest BCUT2D eigenvalue weighted by Gasteiger charge is 2.37. The summed E-state index contributed by atoms with van der Waals surface area (Å²) in [4.78, 5) is 8.68. The zero-order valence-corrected chi connectivity index (χ0v) is 16.8. The van der Waals surface area contributed by atoms with Gasteiger partial charge in [0, 0.05) is 17.1 Å². The number of nitrogens with zero attached hydrogens (tertiary/aromatic N) is 2. The van der Waals surface area contributed by atoms with Gasteiger partial charge >= 0.3 is 0 Å². The molecule has 3 rings (SSSR count). The average molecular weight is 371 g/mol. The first-order valence-corrected chi connectivity index (χ1v) is 9.25. The lowest BCUT2D eigenvalue weighted by Crippen LogP contribution is -2.60. The van der Waals surface area contributed by atoms with Gasteiger partial charge in [-0.05, 0) is 52.7 Å². The summed E-state index contributed by atoms with van der Waals surface area (Å²) in [6, 6.07) is 7.93. The standard InChI is InChI=1S/C20H30N6O/c1-19(2)10-13(11-20(3,4)26-19)24-17-16(21)18(23-12-22-17)25-14-8-6-7-9-15(14)27-5/h6-9,12-13,26H,10-11,21H2,1-5H3,(H2,22,23,24,25). The van der Waals surface area contributed by atoms with Crippen LogP contribution in [-0.2, 0) is 0 Å². The van der Waals surface area contributed by atoms with Crippen molar-refractivity contribution in [3.05, 3.63) is 30.6 Å². The van der Waals surface area contributed by atoms with E-state index in [4.69, 9.17) is 10.5 Å². The highest BCUT2D eigenvalue weighted by atomic mass is 16.5. The van der Waals surface area contributed by atoms with Gasteiger partial charge in [0.25, 0.3) is 0 Å². The van der Waals surface area contributed by atoms with Crippen molar-refractivity contribution in [2.24, 2.45) is 0 Å². The van der Waals surface area contributed by atoms with E-state index in [2.05, 4.69) is 53.6 Å². The van der Waals surface area contributed by atoms with Gasteiger partial charge in [0.05, 0.1) is 12.8 Å². The molecule has 0 spiro atoms. The summed E-state index contributed by atoms with van der Waals surface area (Å²) in [5.74, 6) is 1.94. The molecule has 2 aromatic rings. The lowest BCUT2D eigenvalue weighted by atomic mass is 9.79. The maximum absolute atomic E-state index is 6.37. The second-order valence-electron chi connectivity index (χ2n) is 8.45. The zero-order chi connectivity index (χ0) is 19.7. The van der Waals surface area contributed by atoms with Gasteiger partial charge in [-0.1, -0.05) is 12.1 Å². The summed E-state index contributed by atoms with van der Waals surface area (Å²) in [5, 5.41) is 10.5. The van der Waals surface area contributed by atoms with Crippen LogP contribution in [0.4, 0.5) is 23.0 Å². The van der Waals surface area contributed by atoms with Gasteiger partial charge < -0.3 is 26.4 Å². The number of piperidine rings is 1. The number of nitrogen functional groups attached to an aromatic ring is 1. The second kappa shape index (κ2) is 7.23. The minimum Gasteiger partial charge on any atom is -0.495 e. The second-order valence-corrected chi connectivity index (χ2v) is 8.45. The Kier molecular flexibility index (Phi) is 5.15. The number of hydrogen-bond donors (Lipinski definition) is 4. The molecule has 5 N–H and O–H groups in total. The number of aromatic nitrogens is 2. The third kappa shape index (κ3) is 4.60. The molecule has 27 heavy (non-hydrogen) atoms. The monoisotopic (exact) mass is 370 g/mol. The maximum Gasteiger partial charge on any atom is 0.159 e. The normalized spacial score (nSPS) is 18.7. The minimum absolute atomic E-state index is 0.0414. The molecule has 1 aromatic heterocycles. The number of ether oxygens (including phenoxy) is 1. The molecule has 0 atom stereocenters. The van der Waals surface area contributed by atoms with Crippen LogP contribution in [0.25, 0.3) is 0 Å². The first kappa shape index (κ1) is 19.2. The van der Waals surface area contributed by atoms with Gasteiger partial charge in [-0.3, -0.25) is 0 Å². The fraction of sp³-hybridized carbons (Fsp3) is 0.500. The molecule has 0 amide bonds. The number of anilines is 4. The molecular formula is C20H30N6O. The summed E-state index contributed by atoms with van der Waals surface area (Å²) < 4.78 is 5.39. The molecule has 0 aliphatic carbocycles. The summed E-state index contributed by atoms with van der Waals surface area (Å²) in [6.45, 7) is 8.89. The Balaban J connectivity index is 1.81. The fourth-order valence-corrected chi connectivity index (χ4v) is 4.10. The topological polar surface area (TPSA) is 97.1 Å².